The Balaban J connectivity index is 1.85. The van der Waals surface area contributed by atoms with E-state index in [1.54, 1.807) is 18.2 Å². The molecule has 2 aromatic rings. The van der Waals surface area contributed by atoms with Crippen molar-refractivity contribution in [3.8, 4) is 5.75 Å². The zero-order chi connectivity index (χ0) is 16.7. The molecule has 0 aromatic heterocycles. The number of anilines is 1. The molecule has 0 aliphatic heterocycles. The van der Waals surface area contributed by atoms with Crippen LogP contribution in [0.3, 0.4) is 0 Å². The average molecular weight is 316 g/mol. The second-order valence-corrected chi connectivity index (χ2v) is 5.28. The number of rotatable bonds is 7. The molecule has 0 heterocycles. The maximum Gasteiger partial charge on any atom is 0.238 e. The number of benzene rings is 2. The fraction of sp³-hybridized carbons (Fsp3) is 0.278. The molecule has 0 spiro atoms. The van der Waals surface area contributed by atoms with Gasteiger partial charge in [-0.25, -0.2) is 4.39 Å². The van der Waals surface area contributed by atoms with Gasteiger partial charge in [0, 0.05) is 6.54 Å². The lowest BCUT2D eigenvalue weighted by molar-refractivity contribution is -0.117. The van der Waals surface area contributed by atoms with Crippen molar-refractivity contribution in [2.24, 2.45) is 0 Å². The Morgan fingerprint density at radius 1 is 1.17 bits per heavy atom. The molecule has 0 atom stereocenters. The normalized spacial score (nSPS) is 10.6. The van der Waals surface area contributed by atoms with Gasteiger partial charge in [0.2, 0.25) is 5.91 Å². The molecule has 122 valence electrons. The first kappa shape index (κ1) is 17.0. The van der Waals surface area contributed by atoms with Crippen LogP contribution in [0.1, 0.15) is 12.5 Å². The minimum absolute atomic E-state index is 0.182. The topological polar surface area (TPSA) is 41.6 Å². The molecule has 1 N–H and O–H groups in total. The lowest BCUT2D eigenvalue weighted by atomic mass is 10.2. The number of hydrogen-bond acceptors (Lipinski definition) is 3. The van der Waals surface area contributed by atoms with Crippen LogP contribution in [0.5, 0.6) is 5.75 Å². The molecule has 23 heavy (non-hydrogen) atoms. The summed E-state index contributed by atoms with van der Waals surface area (Å²) in [4.78, 5) is 13.8. The Morgan fingerprint density at radius 2 is 1.87 bits per heavy atom. The number of likely N-dealkylation sites (N-methyl/N-ethyl adjacent to an activating group) is 1. The van der Waals surface area contributed by atoms with Gasteiger partial charge in [0.05, 0.1) is 18.8 Å². The van der Waals surface area contributed by atoms with E-state index >= 15 is 0 Å². The molecule has 4 nitrogen and oxygen atoms in total. The molecule has 0 saturated carbocycles. The molecule has 2 rings (SSSR count). The van der Waals surface area contributed by atoms with Crippen molar-refractivity contribution in [3.63, 3.8) is 0 Å². The fourth-order valence-electron chi connectivity index (χ4n) is 2.22. The molecule has 0 unspecified atom stereocenters. The summed E-state index contributed by atoms with van der Waals surface area (Å²) in [6.07, 6.45) is 0. The molecule has 5 heteroatoms. The number of ether oxygens (including phenoxy) is 1. The summed E-state index contributed by atoms with van der Waals surface area (Å²) >= 11 is 0. The molecule has 0 fully saturated rings. The summed E-state index contributed by atoms with van der Waals surface area (Å²) in [5.41, 5.74) is 1.28. The van der Waals surface area contributed by atoms with Gasteiger partial charge in [0.15, 0.2) is 0 Å². The molecule has 2 aromatic carbocycles. The number of nitrogens with zero attached hydrogens (tertiary/aromatic N) is 1. The number of amides is 1. The largest absolute Gasteiger partial charge is 0.494 e. The van der Waals surface area contributed by atoms with Crippen molar-refractivity contribution in [2.75, 3.05) is 25.5 Å². The van der Waals surface area contributed by atoms with Crippen molar-refractivity contribution in [1.82, 2.24) is 4.90 Å². The van der Waals surface area contributed by atoms with Crippen LogP contribution in [0, 0.1) is 5.82 Å². The highest BCUT2D eigenvalue weighted by molar-refractivity contribution is 5.92. The van der Waals surface area contributed by atoms with Gasteiger partial charge in [-0.2, -0.15) is 0 Å². The van der Waals surface area contributed by atoms with Crippen LogP contribution in [-0.2, 0) is 11.3 Å². The van der Waals surface area contributed by atoms with E-state index < -0.39 is 5.82 Å². The Kier molecular flexibility index (Phi) is 6.11. The molecule has 1 amide bonds. The number of nitrogens with one attached hydrogen (secondary N) is 1. The van der Waals surface area contributed by atoms with E-state index in [-0.39, 0.29) is 18.1 Å². The highest BCUT2D eigenvalue weighted by Gasteiger charge is 2.09. The monoisotopic (exact) mass is 316 g/mol. The van der Waals surface area contributed by atoms with Crippen LogP contribution in [0.2, 0.25) is 0 Å². The predicted octanol–water partition coefficient (Wildman–Crippen LogP) is 3.29. The molecule has 0 bridgehead atoms. The van der Waals surface area contributed by atoms with Crippen molar-refractivity contribution < 1.29 is 13.9 Å². The molecule has 0 saturated heterocycles. The standard InChI is InChI=1S/C18H21FN2O2/c1-3-23-15-10-8-14(9-11-15)12-21(2)13-18(22)20-17-7-5-4-6-16(17)19/h4-11H,3,12-13H2,1-2H3,(H,20,22). The van der Waals surface area contributed by atoms with E-state index in [0.717, 1.165) is 11.3 Å². The summed E-state index contributed by atoms with van der Waals surface area (Å²) in [5.74, 6) is 0.148. The van der Waals surface area contributed by atoms with Gasteiger partial charge in [0.1, 0.15) is 11.6 Å². The van der Waals surface area contributed by atoms with Gasteiger partial charge in [-0.1, -0.05) is 24.3 Å². The smallest absolute Gasteiger partial charge is 0.238 e. The quantitative estimate of drug-likeness (QED) is 0.852. The summed E-state index contributed by atoms with van der Waals surface area (Å²) in [7, 11) is 1.84. The van der Waals surface area contributed by atoms with E-state index in [2.05, 4.69) is 5.32 Å². The van der Waals surface area contributed by atoms with Crippen molar-refractivity contribution in [1.29, 1.82) is 0 Å². The van der Waals surface area contributed by atoms with Crippen LogP contribution < -0.4 is 10.1 Å². The Morgan fingerprint density at radius 3 is 2.52 bits per heavy atom. The first-order valence-corrected chi connectivity index (χ1v) is 7.53. The maximum atomic E-state index is 13.5. The molecular formula is C18H21FN2O2. The Hall–Kier alpha value is -2.40. The summed E-state index contributed by atoms with van der Waals surface area (Å²) < 4.78 is 18.9. The van der Waals surface area contributed by atoms with Gasteiger partial charge in [-0.15, -0.1) is 0 Å². The van der Waals surface area contributed by atoms with Crippen molar-refractivity contribution in [2.45, 2.75) is 13.5 Å². The second-order valence-electron chi connectivity index (χ2n) is 5.28. The third-order valence-corrected chi connectivity index (χ3v) is 3.25. The van der Waals surface area contributed by atoms with Crippen LogP contribution in [0.25, 0.3) is 0 Å². The summed E-state index contributed by atoms with van der Waals surface area (Å²) in [6.45, 7) is 3.38. The second kappa shape index (κ2) is 8.29. The third-order valence-electron chi connectivity index (χ3n) is 3.25. The minimum atomic E-state index is -0.435. The van der Waals surface area contributed by atoms with E-state index in [1.807, 2.05) is 43.1 Å². The first-order valence-electron chi connectivity index (χ1n) is 7.53. The van der Waals surface area contributed by atoms with Gasteiger partial charge < -0.3 is 10.1 Å². The van der Waals surface area contributed by atoms with Crippen LogP contribution in [0.15, 0.2) is 48.5 Å². The number of carbonyl (C=O) groups is 1. The number of hydrogen-bond donors (Lipinski definition) is 1. The molecule has 0 radical (unpaired) electrons. The third kappa shape index (κ3) is 5.38. The average Bonchev–Trinajstić information content (AvgIpc) is 2.51. The minimum Gasteiger partial charge on any atom is -0.494 e. The van der Waals surface area contributed by atoms with E-state index in [1.165, 1.54) is 6.07 Å². The molecule has 0 aliphatic carbocycles. The zero-order valence-corrected chi connectivity index (χ0v) is 13.4. The molecule has 0 aliphatic rings. The highest BCUT2D eigenvalue weighted by Crippen LogP contribution is 2.14. The van der Waals surface area contributed by atoms with Gasteiger partial charge >= 0.3 is 0 Å². The van der Waals surface area contributed by atoms with E-state index in [9.17, 15) is 9.18 Å². The molecular weight excluding hydrogens is 295 g/mol. The summed E-state index contributed by atoms with van der Waals surface area (Å²) in [6, 6.07) is 13.9. The van der Waals surface area contributed by atoms with Gasteiger partial charge in [-0.3, -0.25) is 9.69 Å². The van der Waals surface area contributed by atoms with Crippen LogP contribution >= 0.6 is 0 Å². The van der Waals surface area contributed by atoms with E-state index in [4.69, 9.17) is 4.74 Å². The zero-order valence-electron chi connectivity index (χ0n) is 13.4. The number of para-hydroxylation sites is 1. The van der Waals surface area contributed by atoms with Crippen LogP contribution in [0.4, 0.5) is 10.1 Å². The first-order chi connectivity index (χ1) is 11.1. The Labute approximate surface area is 135 Å². The van der Waals surface area contributed by atoms with Crippen LogP contribution in [-0.4, -0.2) is 31.0 Å². The van der Waals surface area contributed by atoms with E-state index in [0.29, 0.717) is 13.2 Å². The lowest BCUT2D eigenvalue weighted by Crippen LogP contribution is -2.30. The van der Waals surface area contributed by atoms with Gasteiger partial charge in [-0.05, 0) is 43.8 Å². The fourth-order valence-corrected chi connectivity index (χ4v) is 2.22. The Bertz CT molecular complexity index is 644. The highest BCUT2D eigenvalue weighted by atomic mass is 19.1. The SMILES string of the molecule is CCOc1ccc(CN(C)CC(=O)Nc2ccccc2F)cc1. The summed E-state index contributed by atoms with van der Waals surface area (Å²) in [5, 5.41) is 2.58. The number of carbonyl (C=O) groups excluding carboxylic acids is 1. The van der Waals surface area contributed by atoms with Crippen molar-refractivity contribution >= 4 is 11.6 Å². The predicted molar refractivity (Wildman–Crippen MR) is 89.0 cm³/mol. The van der Waals surface area contributed by atoms with Gasteiger partial charge in [0.25, 0.3) is 0 Å². The maximum absolute atomic E-state index is 13.5. The lowest BCUT2D eigenvalue weighted by Gasteiger charge is -2.17. The number of halogens is 1. The van der Waals surface area contributed by atoms with Crippen molar-refractivity contribution in [3.05, 3.63) is 59.9 Å².